The van der Waals surface area contributed by atoms with Crippen molar-refractivity contribution in [3.8, 4) is 0 Å². The topological polar surface area (TPSA) is 64.1 Å². The molecule has 0 unspecified atom stereocenters. The Hall–Kier alpha value is -2.27. The number of hydrogen-bond donors (Lipinski definition) is 1. The maximum absolute atomic E-state index is 12.4. The summed E-state index contributed by atoms with van der Waals surface area (Å²) in [5.74, 6) is 1.76. The van der Waals surface area contributed by atoms with Gasteiger partial charge in [0.2, 0.25) is 5.91 Å². The van der Waals surface area contributed by atoms with E-state index in [4.69, 9.17) is 4.74 Å². The summed E-state index contributed by atoms with van der Waals surface area (Å²) < 4.78 is 5.81. The van der Waals surface area contributed by atoms with Crippen LogP contribution < -0.4 is 5.32 Å². The number of fused-ring (bicyclic) bond motifs is 1. The Labute approximate surface area is 141 Å². The van der Waals surface area contributed by atoms with Crippen LogP contribution in [0.4, 0.5) is 5.82 Å². The molecule has 0 radical (unpaired) electrons. The number of rotatable bonds is 4. The van der Waals surface area contributed by atoms with Crippen molar-refractivity contribution in [3.63, 3.8) is 0 Å². The molecule has 1 aromatic heterocycles. The monoisotopic (exact) mass is 323 g/mol. The summed E-state index contributed by atoms with van der Waals surface area (Å²) in [6, 6.07) is 10.1. The van der Waals surface area contributed by atoms with Crippen LogP contribution in [0, 0.1) is 6.92 Å². The number of aromatic nitrogens is 2. The van der Waals surface area contributed by atoms with Gasteiger partial charge < -0.3 is 10.1 Å². The zero-order chi connectivity index (χ0) is 16.5. The highest BCUT2D eigenvalue weighted by atomic mass is 16.5. The number of aryl methyl sites for hydroxylation is 1. The number of amides is 1. The lowest BCUT2D eigenvalue weighted by molar-refractivity contribution is -0.119. The van der Waals surface area contributed by atoms with Gasteiger partial charge in [-0.1, -0.05) is 24.3 Å². The number of ether oxygens (including phenoxy) is 1. The van der Waals surface area contributed by atoms with Gasteiger partial charge in [0.15, 0.2) is 0 Å². The zero-order valence-electron chi connectivity index (χ0n) is 13.8. The summed E-state index contributed by atoms with van der Waals surface area (Å²) in [5.41, 5.74) is 3.43. The van der Waals surface area contributed by atoms with E-state index in [9.17, 15) is 4.79 Å². The number of carbonyl (C=O) groups is 1. The summed E-state index contributed by atoms with van der Waals surface area (Å²) in [7, 11) is 0. The SMILES string of the molecule is Cc1nc(NC(=O)C[C@@H]2OCCc3ccccc32)cc(C2CC2)n1. The Morgan fingerprint density at radius 2 is 2.12 bits per heavy atom. The molecule has 1 amide bonds. The minimum absolute atomic E-state index is 0.0726. The molecule has 0 bridgehead atoms. The number of hydrogen-bond acceptors (Lipinski definition) is 4. The molecule has 2 aliphatic rings. The molecule has 2 heterocycles. The molecule has 2 aromatic rings. The lowest BCUT2D eigenvalue weighted by atomic mass is 9.95. The van der Waals surface area contributed by atoms with Gasteiger partial charge in [-0.3, -0.25) is 4.79 Å². The summed E-state index contributed by atoms with van der Waals surface area (Å²) in [6.45, 7) is 2.52. The fraction of sp³-hybridized carbons (Fsp3) is 0.421. The summed E-state index contributed by atoms with van der Waals surface area (Å²) in [5, 5.41) is 2.91. The van der Waals surface area contributed by atoms with Crippen molar-refractivity contribution in [2.24, 2.45) is 0 Å². The van der Waals surface area contributed by atoms with E-state index >= 15 is 0 Å². The molecule has 124 valence electrons. The number of carbonyl (C=O) groups excluding carboxylic acids is 1. The predicted octanol–water partition coefficient (Wildman–Crippen LogP) is 3.31. The largest absolute Gasteiger partial charge is 0.373 e. The molecule has 5 nitrogen and oxygen atoms in total. The third-order valence-corrected chi connectivity index (χ3v) is 4.58. The predicted molar refractivity (Wildman–Crippen MR) is 90.8 cm³/mol. The molecule has 1 N–H and O–H groups in total. The van der Waals surface area contributed by atoms with E-state index in [1.54, 1.807) is 0 Å². The van der Waals surface area contributed by atoms with Crippen LogP contribution in [0.1, 0.15) is 53.9 Å². The number of nitrogens with one attached hydrogen (secondary N) is 1. The first-order valence-electron chi connectivity index (χ1n) is 8.54. The van der Waals surface area contributed by atoms with Crippen LogP contribution in [0.2, 0.25) is 0 Å². The average molecular weight is 323 g/mol. The second-order valence-corrected chi connectivity index (χ2v) is 6.56. The Bertz CT molecular complexity index is 771. The third kappa shape index (κ3) is 3.31. The van der Waals surface area contributed by atoms with Gasteiger partial charge in [-0.05, 0) is 37.3 Å². The van der Waals surface area contributed by atoms with Crippen molar-refractivity contribution >= 4 is 11.7 Å². The molecule has 0 saturated heterocycles. The normalized spacial score (nSPS) is 19.6. The van der Waals surface area contributed by atoms with Crippen molar-refractivity contribution in [2.75, 3.05) is 11.9 Å². The molecule has 24 heavy (non-hydrogen) atoms. The number of anilines is 1. The smallest absolute Gasteiger partial charge is 0.228 e. The van der Waals surface area contributed by atoms with Crippen LogP contribution >= 0.6 is 0 Å². The molecule has 1 atom stereocenters. The first-order chi connectivity index (χ1) is 11.7. The fourth-order valence-electron chi connectivity index (χ4n) is 3.25. The Morgan fingerprint density at radius 1 is 1.29 bits per heavy atom. The second kappa shape index (κ2) is 6.32. The van der Waals surface area contributed by atoms with Gasteiger partial charge in [0, 0.05) is 17.7 Å². The quantitative estimate of drug-likeness (QED) is 0.937. The van der Waals surface area contributed by atoms with Crippen LogP contribution in [0.15, 0.2) is 30.3 Å². The first-order valence-corrected chi connectivity index (χ1v) is 8.54. The molecule has 4 rings (SSSR count). The Kier molecular flexibility index (Phi) is 4.02. The fourth-order valence-corrected chi connectivity index (χ4v) is 3.25. The van der Waals surface area contributed by atoms with Gasteiger partial charge in [-0.15, -0.1) is 0 Å². The molecule has 0 spiro atoms. The van der Waals surface area contributed by atoms with Crippen molar-refractivity contribution in [1.82, 2.24) is 9.97 Å². The maximum Gasteiger partial charge on any atom is 0.228 e. The van der Waals surface area contributed by atoms with Crippen LogP contribution in [0.3, 0.4) is 0 Å². The van der Waals surface area contributed by atoms with Gasteiger partial charge >= 0.3 is 0 Å². The van der Waals surface area contributed by atoms with Gasteiger partial charge in [0.25, 0.3) is 0 Å². The summed E-state index contributed by atoms with van der Waals surface area (Å²) in [6.07, 6.45) is 3.39. The lowest BCUT2D eigenvalue weighted by Crippen LogP contribution is -2.22. The molecule has 1 aliphatic heterocycles. The van der Waals surface area contributed by atoms with Crippen molar-refractivity contribution in [3.05, 3.63) is 53.0 Å². The van der Waals surface area contributed by atoms with E-state index in [1.165, 1.54) is 18.4 Å². The van der Waals surface area contributed by atoms with E-state index in [-0.39, 0.29) is 12.0 Å². The van der Waals surface area contributed by atoms with Gasteiger partial charge in [0.1, 0.15) is 11.6 Å². The zero-order valence-corrected chi connectivity index (χ0v) is 13.8. The van der Waals surface area contributed by atoms with Crippen LogP contribution in [0.5, 0.6) is 0 Å². The van der Waals surface area contributed by atoms with Crippen LogP contribution in [0.25, 0.3) is 0 Å². The minimum Gasteiger partial charge on any atom is -0.373 e. The molecule has 1 aliphatic carbocycles. The van der Waals surface area contributed by atoms with E-state index < -0.39 is 0 Å². The van der Waals surface area contributed by atoms with E-state index in [2.05, 4.69) is 21.4 Å². The molecule has 5 heteroatoms. The lowest BCUT2D eigenvalue weighted by Gasteiger charge is -2.25. The molecule has 1 fully saturated rings. The van der Waals surface area contributed by atoms with Gasteiger partial charge in [0.05, 0.1) is 19.1 Å². The molecule has 1 aromatic carbocycles. The van der Waals surface area contributed by atoms with Gasteiger partial charge in [-0.25, -0.2) is 9.97 Å². The highest BCUT2D eigenvalue weighted by Crippen LogP contribution is 2.39. The second-order valence-electron chi connectivity index (χ2n) is 6.56. The number of nitrogens with zero attached hydrogens (tertiary/aromatic N) is 2. The van der Waals surface area contributed by atoms with Crippen LogP contribution in [-0.4, -0.2) is 22.5 Å². The summed E-state index contributed by atoms with van der Waals surface area (Å²) >= 11 is 0. The standard InChI is InChI=1S/C19H21N3O2/c1-12-20-16(14-6-7-14)10-18(21-12)22-19(23)11-17-15-5-3-2-4-13(15)8-9-24-17/h2-5,10,14,17H,6-9,11H2,1H3,(H,20,21,22,23)/t17-/m0/s1. The average Bonchev–Trinajstić information content (AvgIpc) is 3.39. The summed E-state index contributed by atoms with van der Waals surface area (Å²) in [4.78, 5) is 21.2. The molecular formula is C19H21N3O2. The van der Waals surface area contributed by atoms with Crippen LogP contribution in [-0.2, 0) is 16.0 Å². The Balaban J connectivity index is 1.46. The third-order valence-electron chi connectivity index (χ3n) is 4.58. The highest BCUT2D eigenvalue weighted by Gasteiger charge is 2.27. The van der Waals surface area contributed by atoms with E-state index in [0.29, 0.717) is 30.6 Å². The van der Waals surface area contributed by atoms with Crippen molar-refractivity contribution < 1.29 is 9.53 Å². The van der Waals surface area contributed by atoms with Gasteiger partial charge in [-0.2, -0.15) is 0 Å². The van der Waals surface area contributed by atoms with E-state index in [1.807, 2.05) is 31.2 Å². The highest BCUT2D eigenvalue weighted by molar-refractivity contribution is 5.90. The van der Waals surface area contributed by atoms with Crippen molar-refractivity contribution in [2.45, 2.75) is 44.6 Å². The first kappa shape index (κ1) is 15.3. The Morgan fingerprint density at radius 3 is 2.96 bits per heavy atom. The van der Waals surface area contributed by atoms with E-state index in [0.717, 1.165) is 17.7 Å². The molecular weight excluding hydrogens is 302 g/mol. The minimum atomic E-state index is -0.180. The maximum atomic E-state index is 12.4. The molecule has 1 saturated carbocycles. The number of benzene rings is 1. The van der Waals surface area contributed by atoms with Crippen molar-refractivity contribution in [1.29, 1.82) is 0 Å².